The van der Waals surface area contributed by atoms with Gasteiger partial charge in [-0.1, -0.05) is 18.0 Å². The third-order valence-electron chi connectivity index (χ3n) is 5.30. The van der Waals surface area contributed by atoms with Crippen LogP contribution in [0.15, 0.2) is 41.3 Å². The zero-order valence-corrected chi connectivity index (χ0v) is 18.6. The smallest absolute Gasteiger partial charge is 0.246 e. The summed E-state index contributed by atoms with van der Waals surface area (Å²) in [5.74, 6) is 0.907. The van der Waals surface area contributed by atoms with Crippen molar-refractivity contribution in [3.8, 4) is 11.5 Å². The number of ether oxygens (including phenoxy) is 2. The van der Waals surface area contributed by atoms with Gasteiger partial charge in [0.2, 0.25) is 22.7 Å². The summed E-state index contributed by atoms with van der Waals surface area (Å²) in [6, 6.07) is 9.07. The first-order chi connectivity index (χ1) is 14.8. The van der Waals surface area contributed by atoms with E-state index in [9.17, 15) is 13.2 Å². The number of nitrogens with one attached hydrogen (secondary N) is 2. The van der Waals surface area contributed by atoms with E-state index in [4.69, 9.17) is 21.1 Å². The number of amides is 1. The summed E-state index contributed by atoms with van der Waals surface area (Å²) in [4.78, 5) is 12.8. The fourth-order valence-corrected chi connectivity index (χ4v) is 5.27. The van der Waals surface area contributed by atoms with Crippen LogP contribution in [-0.4, -0.2) is 44.6 Å². The molecule has 2 N–H and O–H groups in total. The average Bonchev–Trinajstić information content (AvgIpc) is 3.23. The molecule has 166 valence electrons. The van der Waals surface area contributed by atoms with E-state index in [-0.39, 0.29) is 28.3 Å². The van der Waals surface area contributed by atoms with Crippen molar-refractivity contribution >= 4 is 38.9 Å². The second-order valence-corrected chi connectivity index (χ2v) is 9.87. The Labute approximate surface area is 186 Å². The van der Waals surface area contributed by atoms with E-state index in [1.54, 1.807) is 25.1 Å². The Kier molecular flexibility index (Phi) is 6.27. The SMILES string of the molecule is C[C@H](Nc1ccc2c(c1)OCO2)C(=O)Nc1cc(S(=O)(=O)N2CCCCC2)ccc1Cl. The molecule has 0 bridgehead atoms. The van der Waals surface area contributed by atoms with E-state index in [1.165, 1.54) is 22.5 Å². The normalized spacial score (nSPS) is 17.2. The number of fused-ring (bicyclic) bond motifs is 1. The lowest BCUT2D eigenvalue weighted by molar-refractivity contribution is -0.116. The molecule has 31 heavy (non-hydrogen) atoms. The number of benzene rings is 2. The van der Waals surface area contributed by atoms with Gasteiger partial charge in [0.1, 0.15) is 6.04 Å². The Morgan fingerprint density at radius 1 is 1.06 bits per heavy atom. The van der Waals surface area contributed by atoms with E-state index in [2.05, 4.69) is 10.6 Å². The summed E-state index contributed by atoms with van der Waals surface area (Å²) in [5, 5.41) is 6.08. The molecule has 1 atom stereocenters. The lowest BCUT2D eigenvalue weighted by Crippen LogP contribution is -2.35. The summed E-state index contributed by atoms with van der Waals surface area (Å²) in [6.07, 6.45) is 2.72. The van der Waals surface area contributed by atoms with Gasteiger partial charge in [-0.25, -0.2) is 8.42 Å². The molecule has 2 aromatic carbocycles. The molecule has 2 aliphatic rings. The molecule has 10 heteroatoms. The van der Waals surface area contributed by atoms with Crippen LogP contribution >= 0.6 is 11.6 Å². The molecule has 0 radical (unpaired) electrons. The third-order valence-corrected chi connectivity index (χ3v) is 7.52. The predicted octanol–water partition coefficient (Wildman–Crippen LogP) is 3.68. The molecule has 2 aromatic rings. The van der Waals surface area contributed by atoms with Crippen molar-refractivity contribution in [2.45, 2.75) is 37.1 Å². The zero-order valence-electron chi connectivity index (χ0n) is 17.1. The Morgan fingerprint density at radius 2 is 1.81 bits per heavy atom. The summed E-state index contributed by atoms with van der Waals surface area (Å²) in [6.45, 7) is 2.87. The van der Waals surface area contributed by atoms with Crippen LogP contribution in [-0.2, 0) is 14.8 Å². The molecule has 0 saturated carbocycles. The van der Waals surface area contributed by atoms with Gasteiger partial charge in [0, 0.05) is 24.8 Å². The Hall–Kier alpha value is -2.49. The second-order valence-electron chi connectivity index (χ2n) is 7.53. The van der Waals surface area contributed by atoms with E-state index in [0.717, 1.165) is 19.3 Å². The molecule has 1 saturated heterocycles. The van der Waals surface area contributed by atoms with E-state index >= 15 is 0 Å². The molecule has 2 aliphatic heterocycles. The Morgan fingerprint density at radius 3 is 2.58 bits per heavy atom. The molecular formula is C21H24ClN3O5S. The standard InChI is InChI=1S/C21H24ClN3O5S/c1-14(23-15-5-8-19-20(11-15)30-13-29-19)21(26)24-18-12-16(6-7-17(18)22)31(27,28)25-9-3-2-4-10-25/h5-8,11-12,14,23H,2-4,9-10,13H2,1H3,(H,24,26)/t14-/m0/s1. The monoisotopic (exact) mass is 465 g/mol. The molecule has 4 rings (SSSR count). The maximum atomic E-state index is 12.9. The summed E-state index contributed by atoms with van der Waals surface area (Å²) < 4.78 is 38.0. The summed E-state index contributed by atoms with van der Waals surface area (Å²) in [5.41, 5.74) is 0.948. The van der Waals surface area contributed by atoms with Crippen molar-refractivity contribution in [3.05, 3.63) is 41.4 Å². The van der Waals surface area contributed by atoms with E-state index < -0.39 is 16.1 Å². The zero-order chi connectivity index (χ0) is 22.0. The lowest BCUT2D eigenvalue weighted by Gasteiger charge is -2.26. The van der Waals surface area contributed by atoms with Gasteiger partial charge in [0.25, 0.3) is 0 Å². The average molecular weight is 466 g/mol. The highest BCUT2D eigenvalue weighted by Gasteiger charge is 2.27. The Balaban J connectivity index is 1.46. The van der Waals surface area contributed by atoms with Gasteiger partial charge in [-0.3, -0.25) is 4.79 Å². The number of sulfonamides is 1. The summed E-state index contributed by atoms with van der Waals surface area (Å²) >= 11 is 6.23. The number of hydrogen-bond donors (Lipinski definition) is 2. The number of carbonyl (C=O) groups is 1. The fourth-order valence-electron chi connectivity index (χ4n) is 3.56. The number of rotatable bonds is 6. The quantitative estimate of drug-likeness (QED) is 0.675. The number of carbonyl (C=O) groups excluding carboxylic acids is 1. The van der Waals surface area contributed by atoms with Gasteiger partial charge >= 0.3 is 0 Å². The van der Waals surface area contributed by atoms with E-state index in [0.29, 0.717) is 30.3 Å². The van der Waals surface area contributed by atoms with Crippen LogP contribution in [0.2, 0.25) is 5.02 Å². The van der Waals surface area contributed by atoms with E-state index in [1.807, 2.05) is 0 Å². The minimum atomic E-state index is -3.63. The van der Waals surface area contributed by atoms with Crippen molar-refractivity contribution in [1.82, 2.24) is 4.31 Å². The van der Waals surface area contributed by atoms with Gasteiger partial charge in [-0.05, 0) is 50.1 Å². The highest BCUT2D eigenvalue weighted by molar-refractivity contribution is 7.89. The van der Waals surface area contributed by atoms with Crippen LogP contribution in [0.1, 0.15) is 26.2 Å². The van der Waals surface area contributed by atoms with Crippen LogP contribution in [0, 0.1) is 0 Å². The van der Waals surface area contributed by atoms with Gasteiger partial charge < -0.3 is 20.1 Å². The topological polar surface area (TPSA) is 97.0 Å². The van der Waals surface area contributed by atoms with Crippen molar-refractivity contribution in [2.75, 3.05) is 30.5 Å². The maximum Gasteiger partial charge on any atom is 0.246 e. The molecule has 8 nitrogen and oxygen atoms in total. The van der Waals surface area contributed by atoms with Crippen LogP contribution in [0.3, 0.4) is 0 Å². The maximum absolute atomic E-state index is 12.9. The van der Waals surface area contributed by atoms with Gasteiger partial charge in [0.05, 0.1) is 15.6 Å². The molecule has 0 aromatic heterocycles. The molecule has 1 amide bonds. The van der Waals surface area contributed by atoms with Crippen molar-refractivity contribution in [2.24, 2.45) is 0 Å². The molecule has 0 unspecified atom stereocenters. The van der Waals surface area contributed by atoms with Crippen molar-refractivity contribution < 1.29 is 22.7 Å². The number of anilines is 2. The molecule has 0 aliphatic carbocycles. The van der Waals surface area contributed by atoms with Crippen molar-refractivity contribution in [3.63, 3.8) is 0 Å². The first-order valence-corrected chi connectivity index (χ1v) is 11.9. The third kappa shape index (κ3) is 4.73. The van der Waals surface area contributed by atoms with Crippen LogP contribution < -0.4 is 20.1 Å². The molecule has 2 heterocycles. The number of halogens is 1. The second kappa shape index (κ2) is 8.94. The number of nitrogens with zero attached hydrogens (tertiary/aromatic N) is 1. The van der Waals surface area contributed by atoms with Crippen LogP contribution in [0.25, 0.3) is 0 Å². The summed E-state index contributed by atoms with van der Waals surface area (Å²) in [7, 11) is -3.63. The Bertz CT molecular complexity index is 1090. The minimum Gasteiger partial charge on any atom is -0.454 e. The predicted molar refractivity (Wildman–Crippen MR) is 118 cm³/mol. The van der Waals surface area contributed by atoms with Gasteiger partial charge in [0.15, 0.2) is 11.5 Å². The van der Waals surface area contributed by atoms with Crippen molar-refractivity contribution in [1.29, 1.82) is 0 Å². The number of piperidine rings is 1. The minimum absolute atomic E-state index is 0.116. The van der Waals surface area contributed by atoms with Crippen LogP contribution in [0.4, 0.5) is 11.4 Å². The first kappa shape index (κ1) is 21.7. The number of hydrogen-bond acceptors (Lipinski definition) is 6. The molecular weight excluding hydrogens is 442 g/mol. The van der Waals surface area contributed by atoms with Gasteiger partial charge in [-0.2, -0.15) is 4.31 Å². The molecule has 0 spiro atoms. The first-order valence-electron chi connectivity index (χ1n) is 10.1. The highest BCUT2D eigenvalue weighted by Crippen LogP contribution is 2.34. The fraction of sp³-hybridized carbons (Fsp3) is 0.381. The largest absolute Gasteiger partial charge is 0.454 e. The molecule has 1 fully saturated rings. The highest BCUT2D eigenvalue weighted by atomic mass is 35.5. The van der Waals surface area contributed by atoms with Gasteiger partial charge in [-0.15, -0.1) is 0 Å². The lowest BCUT2D eigenvalue weighted by atomic mass is 10.2. The van der Waals surface area contributed by atoms with Crippen LogP contribution in [0.5, 0.6) is 11.5 Å².